The van der Waals surface area contributed by atoms with E-state index in [2.05, 4.69) is 34.2 Å². The third kappa shape index (κ3) is 3.71. The molecule has 0 saturated carbocycles. The number of benzene rings is 1. The number of nitrogens with one attached hydrogen (secondary N) is 2. The van der Waals surface area contributed by atoms with Gasteiger partial charge in [0.05, 0.1) is 23.6 Å². The summed E-state index contributed by atoms with van der Waals surface area (Å²) in [4.78, 5) is 11.9. The lowest BCUT2D eigenvalue weighted by Gasteiger charge is -2.25. The van der Waals surface area contributed by atoms with Crippen molar-refractivity contribution in [2.45, 2.75) is 45.1 Å². The summed E-state index contributed by atoms with van der Waals surface area (Å²) in [7, 11) is 0. The van der Waals surface area contributed by atoms with Crippen LogP contribution in [0.3, 0.4) is 0 Å². The summed E-state index contributed by atoms with van der Waals surface area (Å²) in [5.74, 6) is -0.696. The van der Waals surface area contributed by atoms with Gasteiger partial charge in [-0.05, 0) is 42.9 Å². The van der Waals surface area contributed by atoms with Gasteiger partial charge in [0.2, 0.25) is 0 Å². The molecule has 178 valence electrons. The summed E-state index contributed by atoms with van der Waals surface area (Å²) in [6.45, 7) is 4.14. The number of halogens is 3. The van der Waals surface area contributed by atoms with E-state index in [4.69, 9.17) is 4.98 Å². The molecule has 0 fully saturated rings. The average Bonchev–Trinajstić information content (AvgIpc) is 3.41. The van der Waals surface area contributed by atoms with Crippen molar-refractivity contribution < 1.29 is 13.2 Å². The predicted octanol–water partition coefficient (Wildman–Crippen LogP) is 5.78. The second-order valence-corrected chi connectivity index (χ2v) is 9.38. The molecule has 0 radical (unpaired) electrons. The molecule has 5 aromatic rings. The maximum absolute atomic E-state index is 14.3. The zero-order valence-electron chi connectivity index (χ0n) is 19.2. The van der Waals surface area contributed by atoms with Gasteiger partial charge >= 0.3 is 0 Å². The molecule has 1 aliphatic rings. The molecule has 0 bridgehead atoms. The molecular weight excluding hydrogens is 453 g/mol. The zero-order chi connectivity index (χ0) is 24.3. The number of pyridine rings is 1. The molecular formula is C26H23F3N6. The Morgan fingerprint density at radius 2 is 1.91 bits per heavy atom. The van der Waals surface area contributed by atoms with Crippen LogP contribution in [0.1, 0.15) is 43.0 Å². The third-order valence-electron chi connectivity index (χ3n) is 6.69. The SMILES string of the molecule is CC(C)c1cnn2c(N[C@@H]3CCc4[nH]c5c(F)cc(F)cc5c4C3)cc(-c3cncc(F)c3)nc12. The van der Waals surface area contributed by atoms with Crippen LogP contribution >= 0.6 is 0 Å². The van der Waals surface area contributed by atoms with Crippen molar-refractivity contribution in [1.29, 1.82) is 0 Å². The van der Waals surface area contributed by atoms with Crippen molar-refractivity contribution in [3.8, 4) is 11.3 Å². The second kappa shape index (κ2) is 8.11. The van der Waals surface area contributed by atoms with Crippen LogP contribution in [0.25, 0.3) is 27.8 Å². The third-order valence-corrected chi connectivity index (χ3v) is 6.69. The van der Waals surface area contributed by atoms with E-state index in [1.54, 1.807) is 16.9 Å². The highest BCUT2D eigenvalue weighted by Crippen LogP contribution is 2.33. The first-order valence-corrected chi connectivity index (χ1v) is 11.6. The van der Waals surface area contributed by atoms with E-state index in [1.165, 1.54) is 12.1 Å². The number of nitrogens with zero attached hydrogens (tertiary/aromatic N) is 4. The van der Waals surface area contributed by atoms with E-state index in [1.807, 2.05) is 6.07 Å². The van der Waals surface area contributed by atoms with Crippen LogP contribution in [0, 0.1) is 17.5 Å². The number of aromatic amines is 1. The second-order valence-electron chi connectivity index (χ2n) is 9.38. The van der Waals surface area contributed by atoms with Crippen LogP contribution in [-0.2, 0) is 12.8 Å². The van der Waals surface area contributed by atoms with E-state index in [-0.39, 0.29) is 12.0 Å². The van der Waals surface area contributed by atoms with Gasteiger partial charge in [-0.3, -0.25) is 4.98 Å². The highest BCUT2D eigenvalue weighted by Gasteiger charge is 2.25. The van der Waals surface area contributed by atoms with Gasteiger partial charge in [-0.1, -0.05) is 13.8 Å². The highest BCUT2D eigenvalue weighted by atomic mass is 19.1. The summed E-state index contributed by atoms with van der Waals surface area (Å²) in [5, 5.41) is 8.71. The minimum absolute atomic E-state index is 0.00335. The van der Waals surface area contributed by atoms with Gasteiger partial charge in [0, 0.05) is 46.6 Å². The molecule has 35 heavy (non-hydrogen) atoms. The van der Waals surface area contributed by atoms with Crippen LogP contribution in [0.2, 0.25) is 0 Å². The highest BCUT2D eigenvalue weighted by molar-refractivity contribution is 5.85. The van der Waals surface area contributed by atoms with E-state index >= 15 is 0 Å². The largest absolute Gasteiger partial charge is 0.367 e. The number of rotatable bonds is 4. The molecule has 9 heteroatoms. The van der Waals surface area contributed by atoms with Crippen molar-refractivity contribution in [1.82, 2.24) is 24.6 Å². The van der Waals surface area contributed by atoms with Crippen LogP contribution in [0.4, 0.5) is 19.0 Å². The van der Waals surface area contributed by atoms with Gasteiger partial charge in [-0.2, -0.15) is 9.61 Å². The fraction of sp³-hybridized carbons (Fsp3) is 0.269. The molecule has 0 unspecified atom stereocenters. The monoisotopic (exact) mass is 476 g/mol. The lowest BCUT2D eigenvalue weighted by Crippen LogP contribution is -2.28. The molecule has 2 N–H and O–H groups in total. The molecule has 1 aromatic carbocycles. The number of H-pyrrole nitrogens is 1. The van der Waals surface area contributed by atoms with Gasteiger partial charge in [0.15, 0.2) is 5.65 Å². The van der Waals surface area contributed by atoms with E-state index in [9.17, 15) is 13.2 Å². The maximum Gasteiger partial charge on any atom is 0.161 e. The van der Waals surface area contributed by atoms with Crippen molar-refractivity contribution in [3.63, 3.8) is 0 Å². The molecule has 1 atom stereocenters. The summed E-state index contributed by atoms with van der Waals surface area (Å²) >= 11 is 0. The number of aromatic nitrogens is 5. The minimum atomic E-state index is -0.589. The Balaban J connectivity index is 1.41. The summed E-state index contributed by atoms with van der Waals surface area (Å²) in [6, 6.07) is 5.54. The number of hydrogen-bond acceptors (Lipinski definition) is 4. The van der Waals surface area contributed by atoms with Gasteiger partial charge < -0.3 is 10.3 Å². The standard InChI is InChI=1S/C26H23F3N6/c1-13(2)20-12-31-35-24(9-23(34-26(20)35)14-5-16(28)11-30-10-14)32-17-3-4-22-18(8-17)19-6-15(27)7-21(29)25(19)33-22/h5-7,9-13,17,32-33H,3-4,8H2,1-2H3/t17-/m1/s1. The molecule has 0 saturated heterocycles. The first-order valence-electron chi connectivity index (χ1n) is 11.6. The van der Waals surface area contributed by atoms with Crippen LogP contribution in [-0.4, -0.2) is 30.6 Å². The zero-order valence-corrected chi connectivity index (χ0v) is 19.2. The number of anilines is 1. The number of aryl methyl sites for hydroxylation is 1. The smallest absolute Gasteiger partial charge is 0.161 e. The lowest BCUT2D eigenvalue weighted by atomic mass is 9.91. The Kier molecular flexibility index (Phi) is 5.01. The Morgan fingerprint density at radius 1 is 1.06 bits per heavy atom. The van der Waals surface area contributed by atoms with Crippen molar-refractivity contribution in [2.75, 3.05) is 5.32 Å². The normalized spacial score (nSPS) is 15.8. The van der Waals surface area contributed by atoms with E-state index in [0.717, 1.165) is 35.5 Å². The molecule has 6 nitrogen and oxygen atoms in total. The molecule has 0 aliphatic heterocycles. The van der Waals surface area contributed by atoms with Gasteiger partial charge in [-0.25, -0.2) is 18.2 Å². The van der Waals surface area contributed by atoms with Gasteiger partial charge in [-0.15, -0.1) is 0 Å². The lowest BCUT2D eigenvalue weighted by molar-refractivity contribution is 0.591. The molecule has 0 amide bonds. The van der Waals surface area contributed by atoms with Crippen molar-refractivity contribution >= 4 is 22.4 Å². The van der Waals surface area contributed by atoms with Gasteiger partial charge in [0.25, 0.3) is 0 Å². The summed E-state index contributed by atoms with van der Waals surface area (Å²) < 4.78 is 43.9. The van der Waals surface area contributed by atoms with Crippen LogP contribution < -0.4 is 5.32 Å². The average molecular weight is 477 g/mol. The van der Waals surface area contributed by atoms with Gasteiger partial charge in [0.1, 0.15) is 23.3 Å². The Hall–Kier alpha value is -3.88. The molecule has 6 rings (SSSR count). The summed E-state index contributed by atoms with van der Waals surface area (Å²) in [6.07, 6.45) is 6.63. The summed E-state index contributed by atoms with van der Waals surface area (Å²) in [5.41, 5.74) is 5.03. The number of hydrogen-bond donors (Lipinski definition) is 2. The molecule has 4 heterocycles. The molecule has 4 aromatic heterocycles. The minimum Gasteiger partial charge on any atom is -0.367 e. The Morgan fingerprint density at radius 3 is 2.71 bits per heavy atom. The van der Waals surface area contributed by atoms with Crippen LogP contribution in [0.5, 0.6) is 0 Å². The Labute approximate surface area is 199 Å². The molecule has 0 spiro atoms. The first kappa shape index (κ1) is 21.6. The fourth-order valence-electron chi connectivity index (χ4n) is 4.96. The van der Waals surface area contributed by atoms with E-state index < -0.39 is 17.5 Å². The molecule has 1 aliphatic carbocycles. The number of fused-ring (bicyclic) bond motifs is 4. The first-order chi connectivity index (χ1) is 16.9. The fourth-order valence-corrected chi connectivity index (χ4v) is 4.96. The maximum atomic E-state index is 14.3. The van der Waals surface area contributed by atoms with E-state index in [0.29, 0.717) is 46.5 Å². The Bertz CT molecular complexity index is 1590. The quantitative estimate of drug-likeness (QED) is 0.345. The van der Waals surface area contributed by atoms with Crippen molar-refractivity contribution in [3.05, 3.63) is 77.1 Å². The topological polar surface area (TPSA) is 70.9 Å². The van der Waals surface area contributed by atoms with Crippen LogP contribution in [0.15, 0.2) is 42.9 Å². The predicted molar refractivity (Wildman–Crippen MR) is 128 cm³/mol. The van der Waals surface area contributed by atoms with Crippen molar-refractivity contribution in [2.24, 2.45) is 0 Å².